The number of nitrogens with zero attached hydrogens (tertiary/aromatic N) is 3. The van der Waals surface area contributed by atoms with Gasteiger partial charge in [0.15, 0.2) is 0 Å². The van der Waals surface area contributed by atoms with Gasteiger partial charge in [0, 0.05) is 48.1 Å². The molecule has 3 aliphatic heterocycles. The molecule has 244 valence electrons. The molecule has 2 aromatic heterocycles. The first kappa shape index (κ1) is 31.2. The van der Waals surface area contributed by atoms with E-state index in [-0.39, 0.29) is 45.3 Å². The summed E-state index contributed by atoms with van der Waals surface area (Å²) in [4.78, 5) is 76.3. The normalized spacial score (nSPS) is 26.3. The van der Waals surface area contributed by atoms with Crippen LogP contribution in [0.2, 0.25) is 0 Å². The lowest BCUT2D eigenvalue weighted by atomic mass is 9.96. The van der Waals surface area contributed by atoms with Crippen molar-refractivity contribution in [2.24, 2.45) is 7.05 Å². The second kappa shape index (κ2) is 11.4. The quantitative estimate of drug-likeness (QED) is 0.337. The Morgan fingerprint density at radius 3 is 2.59 bits per heavy atom. The zero-order chi connectivity index (χ0) is 32.5. The lowest BCUT2D eigenvalue weighted by Gasteiger charge is -2.34. The van der Waals surface area contributed by atoms with E-state index in [4.69, 9.17) is 0 Å². The van der Waals surface area contributed by atoms with E-state index in [2.05, 4.69) is 5.32 Å². The van der Waals surface area contributed by atoms with Gasteiger partial charge in [-0.05, 0) is 92.1 Å². The summed E-state index contributed by atoms with van der Waals surface area (Å²) >= 11 is 1.14. The molecular formula is C32H36FN4O7PS. The van der Waals surface area contributed by atoms with Gasteiger partial charge >= 0.3 is 7.60 Å². The van der Waals surface area contributed by atoms with Crippen LogP contribution < -0.4 is 10.9 Å². The molecule has 46 heavy (non-hydrogen) atoms. The molecule has 5 atom stereocenters. The summed E-state index contributed by atoms with van der Waals surface area (Å²) in [5, 5.41) is 3.35. The van der Waals surface area contributed by atoms with Gasteiger partial charge in [0.2, 0.25) is 17.7 Å². The third-order valence-electron chi connectivity index (χ3n) is 10.3. The van der Waals surface area contributed by atoms with E-state index in [0.29, 0.717) is 35.9 Å². The number of carbonyl (C=O) groups is 3. The van der Waals surface area contributed by atoms with E-state index >= 15 is 0 Å². The number of aryl methyl sites for hydroxylation is 1. The molecule has 1 aromatic carbocycles. The number of hydrogen-bond acceptors (Lipinski definition) is 6. The van der Waals surface area contributed by atoms with Gasteiger partial charge < -0.3 is 29.5 Å². The number of aromatic nitrogens is 1. The van der Waals surface area contributed by atoms with Crippen molar-refractivity contribution in [1.29, 1.82) is 0 Å². The Kier molecular flexibility index (Phi) is 7.74. The number of alkyl halides is 1. The highest BCUT2D eigenvalue weighted by Crippen LogP contribution is 2.55. The third kappa shape index (κ3) is 5.51. The lowest BCUT2D eigenvalue weighted by Crippen LogP contribution is -2.56. The maximum Gasteiger partial charge on any atom is 0.363 e. The third-order valence-corrected chi connectivity index (χ3v) is 12.3. The number of fused-ring (bicyclic) bond motifs is 2. The standard InChI is InChI=1S/C32H36FN4O7PS/c1-35-12-9-18(15-27(35)38)21-16-32(10-11-32)36(17-21)31(41)24-7-6-22-3-2-4-23(30(40)37(22)24)34-29(39)26-14-20-13-19(5-8-25(20)46-26)28(33)45(42,43)44/h5,8-9,12-15,21-24,28H,2-4,6-7,10-11,16-17H2,1H3,(H,34,39)(H2,42,43,44)/t21-,22-,23?,24-,28-/m0/s1. The van der Waals surface area contributed by atoms with E-state index in [1.54, 1.807) is 24.2 Å². The van der Waals surface area contributed by atoms with Crippen LogP contribution in [-0.2, 0) is 21.2 Å². The Labute approximate surface area is 268 Å². The molecule has 1 aliphatic carbocycles. The zero-order valence-corrected chi connectivity index (χ0v) is 27.0. The average molecular weight is 671 g/mol. The minimum atomic E-state index is -4.98. The van der Waals surface area contributed by atoms with Crippen LogP contribution in [0.1, 0.15) is 84.0 Å². The highest BCUT2D eigenvalue weighted by Gasteiger charge is 2.58. The van der Waals surface area contributed by atoms with Crippen LogP contribution in [0.25, 0.3) is 10.1 Å². The number of hydrogen-bond donors (Lipinski definition) is 3. The van der Waals surface area contributed by atoms with Crippen LogP contribution in [0.3, 0.4) is 0 Å². The molecule has 3 N–H and O–H groups in total. The molecule has 0 bridgehead atoms. The first-order valence-corrected chi connectivity index (χ1v) is 18.2. The molecule has 4 aliphatic rings. The maximum absolute atomic E-state index is 14.3. The second-order valence-electron chi connectivity index (χ2n) is 13.3. The van der Waals surface area contributed by atoms with E-state index in [1.165, 1.54) is 28.8 Å². The number of thiophene rings is 1. The number of rotatable bonds is 6. The summed E-state index contributed by atoms with van der Waals surface area (Å²) in [5.41, 5.74) is 0.456. The average Bonchev–Trinajstić information content (AvgIpc) is 3.34. The number of likely N-dealkylation sites (tertiary alicyclic amines) is 1. The summed E-state index contributed by atoms with van der Waals surface area (Å²) in [7, 11) is -3.27. The number of pyridine rings is 1. The highest BCUT2D eigenvalue weighted by atomic mass is 32.1. The Morgan fingerprint density at radius 1 is 1.09 bits per heavy atom. The topological polar surface area (TPSA) is 149 Å². The van der Waals surface area contributed by atoms with Crippen molar-refractivity contribution in [1.82, 2.24) is 19.7 Å². The minimum Gasteiger partial charge on any atom is -0.340 e. The van der Waals surface area contributed by atoms with E-state index in [9.17, 15) is 37.9 Å². The van der Waals surface area contributed by atoms with Gasteiger partial charge in [0.1, 0.15) is 12.1 Å². The van der Waals surface area contributed by atoms with E-state index in [0.717, 1.165) is 49.0 Å². The zero-order valence-electron chi connectivity index (χ0n) is 25.3. The molecule has 3 saturated heterocycles. The second-order valence-corrected chi connectivity index (χ2v) is 16.0. The summed E-state index contributed by atoms with van der Waals surface area (Å²) in [6, 6.07) is 7.78. The molecule has 4 fully saturated rings. The minimum absolute atomic E-state index is 0.0477. The van der Waals surface area contributed by atoms with Gasteiger partial charge in [0.25, 0.3) is 11.5 Å². The Hall–Kier alpha value is -3.38. The Morgan fingerprint density at radius 2 is 1.87 bits per heavy atom. The van der Waals surface area contributed by atoms with Crippen LogP contribution in [0.15, 0.2) is 47.4 Å². The molecule has 14 heteroatoms. The first-order chi connectivity index (χ1) is 21.8. The molecule has 1 saturated carbocycles. The summed E-state index contributed by atoms with van der Waals surface area (Å²) in [6.07, 6.45) is 7.58. The van der Waals surface area contributed by atoms with E-state index in [1.807, 2.05) is 11.0 Å². The van der Waals surface area contributed by atoms with Crippen LogP contribution in [0.5, 0.6) is 0 Å². The van der Waals surface area contributed by atoms with Gasteiger partial charge in [-0.15, -0.1) is 11.3 Å². The van der Waals surface area contributed by atoms with Gasteiger partial charge in [-0.25, -0.2) is 4.39 Å². The van der Waals surface area contributed by atoms with Gasteiger partial charge in [-0.3, -0.25) is 23.7 Å². The molecule has 3 amide bonds. The summed E-state index contributed by atoms with van der Waals surface area (Å²) in [5.74, 6) is -3.18. The predicted molar refractivity (Wildman–Crippen MR) is 169 cm³/mol. The highest BCUT2D eigenvalue weighted by molar-refractivity contribution is 7.51. The molecule has 1 unspecified atom stereocenters. The molecular weight excluding hydrogens is 634 g/mol. The summed E-state index contributed by atoms with van der Waals surface area (Å²) in [6.45, 7) is 0.514. The van der Waals surface area contributed by atoms with Crippen LogP contribution in [0, 0.1) is 0 Å². The van der Waals surface area contributed by atoms with Crippen molar-refractivity contribution >= 4 is 46.7 Å². The van der Waals surface area contributed by atoms with Gasteiger partial charge in [-0.1, -0.05) is 6.07 Å². The molecule has 11 nitrogen and oxygen atoms in total. The fraction of sp³-hybridized carbons (Fsp3) is 0.500. The molecule has 7 rings (SSSR count). The lowest BCUT2D eigenvalue weighted by molar-refractivity contribution is -0.147. The molecule has 5 heterocycles. The van der Waals surface area contributed by atoms with Crippen molar-refractivity contribution < 1.29 is 33.1 Å². The molecule has 1 spiro atoms. The van der Waals surface area contributed by atoms with Crippen LogP contribution in [-0.4, -0.2) is 72.1 Å². The first-order valence-electron chi connectivity index (χ1n) is 15.7. The van der Waals surface area contributed by atoms with Gasteiger partial charge in [-0.2, -0.15) is 0 Å². The molecule has 3 aromatic rings. The SMILES string of the molecule is Cn1ccc([C@@H]2CN(C(=O)[C@@H]3CC[C@@H]4CCCC(NC(=O)c5cc6cc([C@@H](F)P(=O)(O)O)ccc6s5)C(=O)N43)C3(CC3)C2)cc1=O. The summed E-state index contributed by atoms with van der Waals surface area (Å²) < 4.78 is 27.8. The molecule has 0 radical (unpaired) electrons. The number of nitrogens with one attached hydrogen (secondary N) is 1. The fourth-order valence-electron chi connectivity index (χ4n) is 7.69. The fourth-order valence-corrected chi connectivity index (χ4v) is 9.19. The van der Waals surface area contributed by atoms with Crippen molar-refractivity contribution in [3.8, 4) is 0 Å². The number of halogens is 1. The van der Waals surface area contributed by atoms with Crippen LogP contribution >= 0.6 is 18.9 Å². The number of benzene rings is 1. The van der Waals surface area contributed by atoms with Crippen molar-refractivity contribution in [2.45, 2.75) is 86.9 Å². The maximum atomic E-state index is 14.3. The Bertz CT molecular complexity index is 1850. The van der Waals surface area contributed by atoms with Crippen molar-refractivity contribution in [2.75, 3.05) is 6.54 Å². The Balaban J connectivity index is 1.07. The van der Waals surface area contributed by atoms with Crippen LogP contribution in [0.4, 0.5) is 4.39 Å². The van der Waals surface area contributed by atoms with Crippen molar-refractivity contribution in [3.63, 3.8) is 0 Å². The van der Waals surface area contributed by atoms with Gasteiger partial charge in [0.05, 0.1) is 4.88 Å². The smallest absolute Gasteiger partial charge is 0.340 e. The number of carbonyl (C=O) groups excluding carboxylic acids is 3. The monoisotopic (exact) mass is 670 g/mol. The largest absolute Gasteiger partial charge is 0.363 e. The predicted octanol–water partition coefficient (Wildman–Crippen LogP) is 3.94. The van der Waals surface area contributed by atoms with E-state index < -0.39 is 31.5 Å². The van der Waals surface area contributed by atoms with Crippen molar-refractivity contribution in [3.05, 3.63) is 69.0 Å². The number of amides is 3.